The van der Waals surface area contributed by atoms with Crippen molar-refractivity contribution in [1.29, 1.82) is 0 Å². The third-order valence-corrected chi connectivity index (χ3v) is 11.0. The van der Waals surface area contributed by atoms with Crippen molar-refractivity contribution in [1.82, 2.24) is 41.9 Å². The van der Waals surface area contributed by atoms with Crippen molar-refractivity contribution in [3.8, 4) is 0 Å². The number of nitrogens with zero attached hydrogens (tertiary/aromatic N) is 1. The van der Waals surface area contributed by atoms with Gasteiger partial charge in [0.25, 0.3) is 0 Å². The molecule has 0 radical (unpaired) electrons. The van der Waals surface area contributed by atoms with E-state index in [2.05, 4.69) is 41.9 Å². The van der Waals surface area contributed by atoms with Crippen molar-refractivity contribution < 1.29 is 48.6 Å². The number of carboxylic acid groups (broad SMARTS) is 1. The number of hydrogen-bond acceptors (Lipinski definition) is 11. The first-order chi connectivity index (χ1) is 32.1. The van der Waals surface area contributed by atoms with Crippen LogP contribution in [0.25, 0.3) is 0 Å². The number of primary amides is 1. The summed E-state index contributed by atoms with van der Waals surface area (Å²) in [6.07, 6.45) is 2.38. The van der Waals surface area contributed by atoms with E-state index in [4.69, 9.17) is 11.5 Å². The van der Waals surface area contributed by atoms with Gasteiger partial charge >= 0.3 is 5.97 Å². The first-order valence-electron chi connectivity index (χ1n) is 21.9. The van der Waals surface area contributed by atoms with Crippen LogP contribution in [0.15, 0.2) is 104 Å². The predicted molar refractivity (Wildman–Crippen MR) is 245 cm³/mol. The van der Waals surface area contributed by atoms with Crippen LogP contribution in [0, 0.1) is 5.92 Å². The summed E-state index contributed by atoms with van der Waals surface area (Å²) in [5.41, 5.74) is 13.7. The van der Waals surface area contributed by atoms with Crippen molar-refractivity contribution in [3.63, 3.8) is 0 Å². The van der Waals surface area contributed by atoms with E-state index in [-0.39, 0.29) is 44.4 Å². The highest BCUT2D eigenvalue weighted by Crippen LogP contribution is 2.11. The smallest absolute Gasteiger partial charge is 0.326 e. The van der Waals surface area contributed by atoms with Gasteiger partial charge in [0.15, 0.2) is 0 Å². The molecule has 1 heterocycles. The lowest BCUT2D eigenvalue weighted by Crippen LogP contribution is -2.61. The molecule has 4 rings (SSSR count). The number of rotatable bonds is 27. The van der Waals surface area contributed by atoms with Gasteiger partial charge in [0.2, 0.25) is 41.4 Å². The molecular weight excluding hydrogens is 865 g/mol. The number of aliphatic carboxylic acids is 1. The second kappa shape index (κ2) is 26.5. The molecule has 3 aromatic carbocycles. The number of H-pyrrole nitrogens is 1. The molecule has 0 aliphatic carbocycles. The van der Waals surface area contributed by atoms with Gasteiger partial charge in [0, 0.05) is 44.0 Å². The van der Waals surface area contributed by atoms with Crippen LogP contribution in [0.3, 0.4) is 0 Å². The maximum atomic E-state index is 14.4. The Bertz CT molecular complexity index is 2250. The van der Waals surface area contributed by atoms with Crippen molar-refractivity contribution >= 4 is 47.3 Å². The van der Waals surface area contributed by atoms with Crippen molar-refractivity contribution in [2.45, 2.75) is 101 Å². The summed E-state index contributed by atoms with van der Waals surface area (Å²) in [7, 11) is 0. The summed E-state index contributed by atoms with van der Waals surface area (Å²) in [6.45, 7) is 2.62. The molecular formula is C47H60N10O10. The number of aliphatic hydroxyl groups is 1. The summed E-state index contributed by atoms with van der Waals surface area (Å²) >= 11 is 0. The Kier molecular flexibility index (Phi) is 20.6. The van der Waals surface area contributed by atoms with Gasteiger partial charge in [-0.3, -0.25) is 33.6 Å². The monoisotopic (exact) mass is 924 g/mol. The summed E-state index contributed by atoms with van der Waals surface area (Å²) in [6, 6.07) is 16.3. The number of amides is 7. The number of aromatic amines is 1. The van der Waals surface area contributed by atoms with Crippen LogP contribution in [0.5, 0.6) is 0 Å². The maximum Gasteiger partial charge on any atom is 0.326 e. The van der Waals surface area contributed by atoms with Gasteiger partial charge in [-0.2, -0.15) is 0 Å². The molecule has 0 spiro atoms. The minimum atomic E-state index is -1.67. The van der Waals surface area contributed by atoms with E-state index in [1.54, 1.807) is 97.9 Å². The number of hydrogen-bond donors (Lipinski definition) is 11. The Labute approximate surface area is 387 Å². The molecule has 4 aromatic rings. The maximum absolute atomic E-state index is 14.4. The predicted octanol–water partition coefficient (Wildman–Crippen LogP) is -0.695. The molecule has 0 fully saturated rings. The van der Waals surface area contributed by atoms with Crippen LogP contribution in [0.2, 0.25) is 0 Å². The number of aliphatic hydroxyl groups excluding tert-OH is 1. The van der Waals surface area contributed by atoms with Crippen LogP contribution in [-0.2, 0) is 64.0 Å². The fourth-order valence-electron chi connectivity index (χ4n) is 6.88. The highest BCUT2D eigenvalue weighted by Gasteiger charge is 2.34. The van der Waals surface area contributed by atoms with E-state index in [0.717, 1.165) is 0 Å². The van der Waals surface area contributed by atoms with E-state index < -0.39 is 96.2 Å². The van der Waals surface area contributed by atoms with Crippen molar-refractivity contribution in [2.75, 3.05) is 6.61 Å². The number of benzene rings is 3. The molecule has 8 atom stereocenters. The molecule has 0 unspecified atom stereocenters. The third-order valence-electron chi connectivity index (χ3n) is 11.0. The molecule has 0 aliphatic heterocycles. The van der Waals surface area contributed by atoms with Gasteiger partial charge < -0.3 is 58.6 Å². The van der Waals surface area contributed by atoms with Gasteiger partial charge in [0.05, 0.1) is 19.0 Å². The molecule has 0 saturated heterocycles. The zero-order chi connectivity index (χ0) is 48.9. The van der Waals surface area contributed by atoms with E-state index in [1.165, 1.54) is 12.5 Å². The fraction of sp³-hybridized carbons (Fsp3) is 0.383. The third kappa shape index (κ3) is 17.1. The SMILES string of the molecule is CC[C@H](C)[C@H](N)C(=O)N[C@@H](CCC(N)=O)C(=O)N[C@@H](CO)C(=O)N[C@@H](Cc1ccccc1)C(=O)N[C@@H](Cc1cnc[nH]1)C(=O)N[C@@H](Cc1ccccc1)C(=O)N[C@@H](Cc1ccccc1)C(=O)O. The normalized spacial score (nSPS) is 14.6. The number of nitrogens with two attached hydrogens (primary N) is 2. The summed E-state index contributed by atoms with van der Waals surface area (Å²) in [4.78, 5) is 114. The number of carboxylic acids is 1. The Morgan fingerprint density at radius 3 is 1.37 bits per heavy atom. The Morgan fingerprint density at radius 2 is 0.970 bits per heavy atom. The van der Waals surface area contributed by atoms with E-state index in [9.17, 15) is 48.6 Å². The summed E-state index contributed by atoms with van der Waals surface area (Å²) in [5.74, 6) is -7.46. The summed E-state index contributed by atoms with van der Waals surface area (Å²) in [5, 5.41) is 35.7. The highest BCUT2D eigenvalue weighted by atomic mass is 16.4. The van der Waals surface area contributed by atoms with Crippen LogP contribution >= 0.6 is 0 Å². The fourth-order valence-corrected chi connectivity index (χ4v) is 6.88. The van der Waals surface area contributed by atoms with Crippen LogP contribution in [0.4, 0.5) is 0 Å². The lowest BCUT2D eigenvalue weighted by atomic mass is 9.98. The number of carbonyl (C=O) groups is 8. The topological polar surface area (TPSA) is 330 Å². The largest absolute Gasteiger partial charge is 0.480 e. The second-order valence-corrected chi connectivity index (χ2v) is 16.2. The first kappa shape index (κ1) is 52.2. The molecule has 358 valence electrons. The molecule has 20 nitrogen and oxygen atoms in total. The number of imidazole rings is 1. The van der Waals surface area contributed by atoms with Crippen molar-refractivity contribution in [3.05, 3.63) is 126 Å². The zero-order valence-electron chi connectivity index (χ0n) is 37.4. The number of nitrogens with one attached hydrogen (secondary N) is 7. The van der Waals surface area contributed by atoms with Gasteiger partial charge in [0.1, 0.15) is 36.3 Å². The molecule has 1 aromatic heterocycles. The van der Waals surface area contributed by atoms with Gasteiger partial charge in [-0.1, -0.05) is 111 Å². The Morgan fingerprint density at radius 1 is 0.582 bits per heavy atom. The lowest BCUT2D eigenvalue weighted by molar-refractivity contribution is -0.142. The summed E-state index contributed by atoms with van der Waals surface area (Å²) < 4.78 is 0. The van der Waals surface area contributed by atoms with E-state index in [1.807, 2.05) is 6.92 Å². The van der Waals surface area contributed by atoms with Gasteiger partial charge in [-0.15, -0.1) is 0 Å². The first-order valence-corrected chi connectivity index (χ1v) is 21.9. The zero-order valence-corrected chi connectivity index (χ0v) is 37.4. The Hall–Kier alpha value is -7.45. The second-order valence-electron chi connectivity index (χ2n) is 16.2. The Balaban J connectivity index is 1.59. The van der Waals surface area contributed by atoms with Gasteiger partial charge in [-0.25, -0.2) is 9.78 Å². The lowest BCUT2D eigenvalue weighted by Gasteiger charge is -2.27. The minimum Gasteiger partial charge on any atom is -0.480 e. The molecule has 0 bridgehead atoms. The van der Waals surface area contributed by atoms with E-state index in [0.29, 0.717) is 28.8 Å². The molecule has 13 N–H and O–H groups in total. The minimum absolute atomic E-state index is 0.0404. The molecule has 67 heavy (non-hydrogen) atoms. The molecule has 20 heteroatoms. The van der Waals surface area contributed by atoms with Crippen LogP contribution < -0.4 is 43.4 Å². The van der Waals surface area contributed by atoms with Gasteiger partial charge in [-0.05, 0) is 29.0 Å². The quantitative estimate of drug-likeness (QED) is 0.0354. The van der Waals surface area contributed by atoms with Crippen LogP contribution in [0.1, 0.15) is 55.5 Å². The average Bonchev–Trinajstić information content (AvgIpc) is 3.84. The number of carbonyl (C=O) groups excluding carboxylic acids is 7. The standard InChI is InChI=1S/C47H60N10O10/c1-3-28(2)40(49)46(65)52-33(19-20-39(48)59)41(60)57-38(26-58)45(64)54-34(21-29-13-7-4-8-14-29)42(61)55-36(24-32-25-50-27-51-32)44(63)53-35(22-30-15-9-5-10-16-30)43(62)56-37(47(66)67)23-31-17-11-6-12-18-31/h4-18,25,27-28,33-38,40,58H,3,19-24,26,49H2,1-2H3,(H2,48,59)(H,50,51)(H,52,65)(H,53,63)(H,54,64)(H,55,61)(H,56,62)(H,57,60)(H,66,67)/t28-,33-,34-,35-,36-,37-,38-,40-/m0/s1. The molecule has 7 amide bonds. The molecule has 0 aliphatic rings. The number of aromatic nitrogens is 2. The van der Waals surface area contributed by atoms with Crippen LogP contribution in [-0.4, -0.2) is 116 Å². The highest BCUT2D eigenvalue weighted by molar-refractivity contribution is 5.97. The molecule has 0 saturated carbocycles. The average molecular weight is 925 g/mol. The van der Waals surface area contributed by atoms with Crippen molar-refractivity contribution in [2.24, 2.45) is 17.4 Å². The van der Waals surface area contributed by atoms with E-state index >= 15 is 0 Å².